The van der Waals surface area contributed by atoms with Crippen LogP contribution in [0.2, 0.25) is 0 Å². The van der Waals surface area contributed by atoms with Crippen LogP contribution < -0.4 is 10.9 Å². The van der Waals surface area contributed by atoms with Crippen LogP contribution in [0.1, 0.15) is 82.4 Å². The van der Waals surface area contributed by atoms with Crippen molar-refractivity contribution in [2.75, 3.05) is 11.1 Å². The fourth-order valence-corrected chi connectivity index (χ4v) is 5.62. The van der Waals surface area contributed by atoms with Gasteiger partial charge in [-0.1, -0.05) is 76.6 Å². The number of anilines is 1. The van der Waals surface area contributed by atoms with E-state index in [0.717, 1.165) is 48.3 Å². The van der Waals surface area contributed by atoms with Crippen LogP contribution >= 0.6 is 11.8 Å². The molecule has 1 atom stereocenters. The maximum absolute atomic E-state index is 13.3. The third kappa shape index (κ3) is 4.56. The summed E-state index contributed by atoms with van der Waals surface area (Å²) in [5.74, 6) is 1.26. The van der Waals surface area contributed by atoms with Gasteiger partial charge in [-0.25, -0.2) is 4.98 Å². The summed E-state index contributed by atoms with van der Waals surface area (Å²) in [7, 11) is 0. The van der Waals surface area contributed by atoms with Crippen LogP contribution in [0.15, 0.2) is 45.5 Å². The third-order valence-electron chi connectivity index (χ3n) is 6.41. The molecule has 4 rings (SSSR count). The number of aryl methyl sites for hydroxylation is 1. The zero-order valence-electron chi connectivity index (χ0n) is 19.5. The van der Waals surface area contributed by atoms with Crippen molar-refractivity contribution in [2.24, 2.45) is 5.41 Å². The van der Waals surface area contributed by atoms with Gasteiger partial charge in [-0.05, 0) is 35.8 Å². The van der Waals surface area contributed by atoms with E-state index in [1.54, 1.807) is 11.8 Å². The molecule has 32 heavy (non-hydrogen) atoms. The van der Waals surface area contributed by atoms with Crippen molar-refractivity contribution in [3.63, 3.8) is 0 Å². The molecule has 5 nitrogen and oxygen atoms in total. The molecule has 2 N–H and O–H groups in total. The first-order valence-corrected chi connectivity index (χ1v) is 12.7. The number of benzene rings is 1. The summed E-state index contributed by atoms with van der Waals surface area (Å²) in [6.07, 6.45) is 5.64. The number of nitrogens with one attached hydrogen (secondary N) is 2. The van der Waals surface area contributed by atoms with Crippen LogP contribution in [0, 0.1) is 5.41 Å². The number of thioether (sulfide) groups is 1. The first kappa shape index (κ1) is 22.8. The number of aromatic amines is 1. The lowest BCUT2D eigenvalue weighted by atomic mass is 9.69. The first-order valence-electron chi connectivity index (χ1n) is 11.7. The van der Waals surface area contributed by atoms with Gasteiger partial charge in [0.1, 0.15) is 5.82 Å². The van der Waals surface area contributed by atoms with Crippen molar-refractivity contribution in [1.82, 2.24) is 9.97 Å². The summed E-state index contributed by atoms with van der Waals surface area (Å²) in [6.45, 7) is 8.55. The highest BCUT2D eigenvalue weighted by Crippen LogP contribution is 2.47. The van der Waals surface area contributed by atoms with Gasteiger partial charge >= 0.3 is 0 Å². The van der Waals surface area contributed by atoms with Gasteiger partial charge in [-0.2, -0.15) is 0 Å². The number of carbonyl (C=O) groups is 1. The Labute approximate surface area is 194 Å². The molecule has 0 saturated heterocycles. The molecule has 1 aliphatic heterocycles. The maximum Gasteiger partial charge on any atom is 0.257 e. The fraction of sp³-hybridized carbons (Fsp3) is 0.500. The summed E-state index contributed by atoms with van der Waals surface area (Å²) >= 11 is 1.59. The first-order chi connectivity index (χ1) is 15.3. The number of hydrogen-bond donors (Lipinski definition) is 2. The van der Waals surface area contributed by atoms with Gasteiger partial charge < -0.3 is 10.3 Å². The van der Waals surface area contributed by atoms with E-state index in [4.69, 9.17) is 4.98 Å². The number of allylic oxidation sites excluding steroid dienone is 2. The minimum atomic E-state index is -0.383. The Kier molecular flexibility index (Phi) is 6.61. The van der Waals surface area contributed by atoms with Crippen LogP contribution in [0.3, 0.4) is 0 Å². The lowest BCUT2D eigenvalue weighted by Crippen LogP contribution is -2.37. The normalized spacial score (nSPS) is 19.4. The lowest BCUT2D eigenvalue weighted by Gasteiger charge is -2.38. The average molecular weight is 452 g/mol. The van der Waals surface area contributed by atoms with Crippen molar-refractivity contribution in [3.05, 3.63) is 62.6 Å². The number of H-pyrrole nitrogens is 1. The third-order valence-corrected chi connectivity index (χ3v) is 7.37. The number of ketones is 1. The van der Waals surface area contributed by atoms with Gasteiger partial charge in [0.2, 0.25) is 0 Å². The van der Waals surface area contributed by atoms with Crippen LogP contribution in [0.5, 0.6) is 0 Å². The molecule has 6 heteroatoms. The molecule has 0 spiro atoms. The van der Waals surface area contributed by atoms with Crippen LogP contribution in [-0.4, -0.2) is 21.5 Å². The number of hydrogen-bond acceptors (Lipinski definition) is 5. The molecule has 2 aromatic rings. The fourth-order valence-electron chi connectivity index (χ4n) is 4.76. The lowest BCUT2D eigenvalue weighted by molar-refractivity contribution is -0.118. The van der Waals surface area contributed by atoms with Gasteiger partial charge in [-0.15, -0.1) is 0 Å². The Bertz CT molecular complexity index is 1100. The predicted octanol–water partition coefficient (Wildman–Crippen LogP) is 5.82. The van der Waals surface area contributed by atoms with E-state index in [0.29, 0.717) is 23.0 Å². The number of aromatic nitrogens is 2. The zero-order chi connectivity index (χ0) is 22.9. The molecule has 1 aromatic carbocycles. The monoisotopic (exact) mass is 451 g/mol. The Balaban J connectivity index is 1.80. The molecular weight excluding hydrogens is 418 g/mol. The van der Waals surface area contributed by atoms with E-state index in [2.05, 4.69) is 62.3 Å². The predicted molar refractivity (Wildman–Crippen MR) is 131 cm³/mol. The standard InChI is InChI=1S/C26H33N3O2S/c1-5-7-8-13-32-25-28-23-22(24(31)29-25)20(17-11-9-16(6-2)10-12-17)21-18(27-23)14-26(3,4)15-19(21)30/h9-12,20H,5-8,13-15H2,1-4H3,(H2,27,28,29,31). The SMILES string of the molecule is CCCCCSc1nc2c(c(=O)[nH]1)C(c1ccc(CC)cc1)C1=C(CC(C)(C)CC1=O)N2. The van der Waals surface area contributed by atoms with E-state index >= 15 is 0 Å². The number of unbranched alkanes of at least 4 members (excludes halogenated alkanes) is 2. The summed E-state index contributed by atoms with van der Waals surface area (Å²) in [5.41, 5.74) is 4.14. The number of nitrogens with zero attached hydrogens (tertiary/aromatic N) is 1. The average Bonchev–Trinajstić information content (AvgIpc) is 2.74. The van der Waals surface area contributed by atoms with Crippen molar-refractivity contribution in [1.29, 1.82) is 0 Å². The number of rotatable bonds is 7. The van der Waals surface area contributed by atoms with Crippen molar-refractivity contribution >= 4 is 23.4 Å². The number of fused-ring (bicyclic) bond motifs is 1. The number of Topliss-reactive ketones (excluding diaryl/α,β-unsaturated/α-hetero) is 1. The molecule has 0 saturated carbocycles. The van der Waals surface area contributed by atoms with E-state index in [1.807, 2.05) is 0 Å². The van der Waals surface area contributed by atoms with E-state index < -0.39 is 0 Å². The molecule has 0 fully saturated rings. The Hall–Kier alpha value is -2.34. The molecule has 170 valence electrons. The van der Waals surface area contributed by atoms with Gasteiger partial charge in [0.25, 0.3) is 5.56 Å². The molecule has 1 unspecified atom stereocenters. The molecule has 2 aliphatic rings. The summed E-state index contributed by atoms with van der Waals surface area (Å²) in [6, 6.07) is 8.30. The summed E-state index contributed by atoms with van der Waals surface area (Å²) in [5, 5.41) is 4.05. The molecule has 2 heterocycles. The highest BCUT2D eigenvalue weighted by atomic mass is 32.2. The van der Waals surface area contributed by atoms with Crippen LogP contribution in [-0.2, 0) is 11.2 Å². The molecule has 0 radical (unpaired) electrons. The van der Waals surface area contributed by atoms with Crippen molar-refractivity contribution < 1.29 is 4.79 Å². The van der Waals surface area contributed by atoms with Gasteiger partial charge in [0.15, 0.2) is 10.9 Å². The number of carbonyl (C=O) groups excluding carboxylic acids is 1. The minimum Gasteiger partial charge on any atom is -0.343 e. The van der Waals surface area contributed by atoms with Gasteiger partial charge in [-0.3, -0.25) is 9.59 Å². The second-order valence-electron chi connectivity index (χ2n) is 9.68. The molecule has 0 amide bonds. The largest absolute Gasteiger partial charge is 0.343 e. The van der Waals surface area contributed by atoms with Crippen LogP contribution in [0.25, 0.3) is 0 Å². The molecule has 0 bridgehead atoms. The van der Waals surface area contributed by atoms with Crippen LogP contribution in [0.4, 0.5) is 5.82 Å². The van der Waals surface area contributed by atoms with E-state index in [9.17, 15) is 9.59 Å². The van der Waals surface area contributed by atoms with Gasteiger partial charge in [0.05, 0.1) is 5.56 Å². The molecular formula is C26H33N3O2S. The highest BCUT2D eigenvalue weighted by Gasteiger charge is 2.42. The maximum atomic E-state index is 13.3. The van der Waals surface area contributed by atoms with E-state index in [-0.39, 0.29) is 22.7 Å². The second kappa shape index (κ2) is 9.26. The van der Waals surface area contributed by atoms with Crippen molar-refractivity contribution in [2.45, 2.75) is 77.3 Å². The topological polar surface area (TPSA) is 74.8 Å². The Morgan fingerprint density at radius 2 is 1.84 bits per heavy atom. The quantitative estimate of drug-likeness (QED) is 0.315. The van der Waals surface area contributed by atoms with Gasteiger partial charge in [0, 0.05) is 29.4 Å². The minimum absolute atomic E-state index is 0.115. The Morgan fingerprint density at radius 3 is 2.53 bits per heavy atom. The molecule has 1 aromatic heterocycles. The Morgan fingerprint density at radius 1 is 1.09 bits per heavy atom. The summed E-state index contributed by atoms with van der Waals surface area (Å²) < 4.78 is 0. The van der Waals surface area contributed by atoms with Crippen molar-refractivity contribution in [3.8, 4) is 0 Å². The zero-order valence-corrected chi connectivity index (χ0v) is 20.3. The smallest absolute Gasteiger partial charge is 0.257 e. The van der Waals surface area contributed by atoms with E-state index in [1.165, 1.54) is 12.0 Å². The highest BCUT2D eigenvalue weighted by molar-refractivity contribution is 7.99. The molecule has 1 aliphatic carbocycles. The second-order valence-corrected chi connectivity index (χ2v) is 10.8. The summed E-state index contributed by atoms with van der Waals surface area (Å²) in [4.78, 5) is 34.4.